The van der Waals surface area contributed by atoms with Gasteiger partial charge in [0.15, 0.2) is 0 Å². The zero-order valence-corrected chi connectivity index (χ0v) is 25.2. The van der Waals surface area contributed by atoms with Crippen molar-refractivity contribution in [3.8, 4) is 11.5 Å². The normalized spacial score (nSPS) is 20.3. The fourth-order valence-corrected chi connectivity index (χ4v) is 7.87. The molecule has 4 nitrogen and oxygen atoms in total. The summed E-state index contributed by atoms with van der Waals surface area (Å²) in [5.74, 6) is 1.34. The van der Waals surface area contributed by atoms with E-state index in [2.05, 4.69) is 32.0 Å². The number of phenols is 2. The fraction of sp³-hybridized carbons (Fsp3) is 0.618. The van der Waals surface area contributed by atoms with Crippen LogP contribution in [0.2, 0.25) is 0 Å². The molecule has 3 N–H and O–H groups in total. The quantitative estimate of drug-likeness (QED) is 0.170. The largest absolute Gasteiger partial charge is 0.508 e. The second-order valence-corrected chi connectivity index (χ2v) is 13.0. The summed E-state index contributed by atoms with van der Waals surface area (Å²) < 4.78 is 0. The van der Waals surface area contributed by atoms with E-state index in [0.29, 0.717) is 17.4 Å². The van der Waals surface area contributed by atoms with Crippen molar-refractivity contribution in [2.75, 3.05) is 5.75 Å². The van der Waals surface area contributed by atoms with Gasteiger partial charge in [-0.15, -0.1) is 11.8 Å². The lowest BCUT2D eigenvalue weighted by molar-refractivity contribution is -0.150. The molecule has 3 rings (SSSR count). The predicted octanol–water partition coefficient (Wildman–Crippen LogP) is 9.82. The lowest BCUT2D eigenvalue weighted by atomic mass is 9.68. The topological polar surface area (TPSA) is 77.8 Å². The van der Waals surface area contributed by atoms with E-state index >= 15 is 0 Å². The van der Waals surface area contributed by atoms with E-state index in [9.17, 15) is 20.1 Å². The minimum atomic E-state index is -0.599. The minimum absolute atomic E-state index is 0.0324. The van der Waals surface area contributed by atoms with Gasteiger partial charge in [-0.2, -0.15) is 0 Å². The number of hydrogen-bond acceptors (Lipinski definition) is 4. The molecule has 1 heterocycles. The number of aliphatic carboxylic acids is 1. The van der Waals surface area contributed by atoms with Crippen LogP contribution in [0.4, 0.5) is 0 Å². The molecule has 1 aliphatic rings. The molecule has 0 amide bonds. The maximum Gasteiger partial charge on any atom is 0.309 e. The van der Waals surface area contributed by atoms with Crippen LogP contribution in [-0.2, 0) is 10.2 Å². The number of carboxylic acids is 1. The van der Waals surface area contributed by atoms with Gasteiger partial charge in [-0.3, -0.25) is 4.79 Å². The van der Waals surface area contributed by atoms with E-state index < -0.39 is 11.4 Å². The Balaban J connectivity index is 1.48. The van der Waals surface area contributed by atoms with Crippen molar-refractivity contribution in [2.24, 2.45) is 5.41 Å². The molecule has 0 aliphatic carbocycles. The Morgan fingerprint density at radius 2 is 1.46 bits per heavy atom. The Bertz CT molecular complexity index is 1040. The molecule has 0 bridgehead atoms. The van der Waals surface area contributed by atoms with Crippen LogP contribution in [0.5, 0.6) is 11.5 Å². The number of aromatic hydroxyl groups is 2. The number of rotatable bonds is 17. The Labute approximate surface area is 240 Å². The standard InChI is InChI=1S/C34H50O4S/c1-4-6-13-22-34(5-2,32(37)38)23-14-11-9-7-8-10-12-15-30-29-21-20-28(36)24-31(29)39-25-33(30,3)26-16-18-27(35)19-17-26/h16-21,24,30,35-36H,4-15,22-23,25H2,1-3H3,(H,37,38). The molecule has 2 aromatic carbocycles. The first-order chi connectivity index (χ1) is 18.8. The summed E-state index contributed by atoms with van der Waals surface area (Å²) in [4.78, 5) is 13.2. The second-order valence-electron chi connectivity index (χ2n) is 11.9. The van der Waals surface area contributed by atoms with Gasteiger partial charge in [0.25, 0.3) is 0 Å². The van der Waals surface area contributed by atoms with E-state index in [0.717, 1.165) is 63.5 Å². The van der Waals surface area contributed by atoms with Crippen LogP contribution in [0, 0.1) is 5.41 Å². The first-order valence-corrected chi connectivity index (χ1v) is 16.2. The van der Waals surface area contributed by atoms with Gasteiger partial charge < -0.3 is 15.3 Å². The molecule has 2 aromatic rings. The van der Waals surface area contributed by atoms with Gasteiger partial charge in [-0.05, 0) is 67.0 Å². The molecule has 1 aliphatic heterocycles. The molecule has 0 fully saturated rings. The molecule has 3 unspecified atom stereocenters. The second kappa shape index (κ2) is 15.0. The summed E-state index contributed by atoms with van der Waals surface area (Å²) in [6.07, 6.45) is 14.9. The number of carboxylic acid groups (broad SMARTS) is 1. The highest BCUT2D eigenvalue weighted by Crippen LogP contribution is 2.52. The van der Waals surface area contributed by atoms with Crippen molar-refractivity contribution in [1.82, 2.24) is 0 Å². The molecule has 0 spiro atoms. The van der Waals surface area contributed by atoms with E-state index in [4.69, 9.17) is 0 Å². The van der Waals surface area contributed by atoms with Gasteiger partial charge in [0, 0.05) is 16.1 Å². The first-order valence-electron chi connectivity index (χ1n) is 15.2. The maximum atomic E-state index is 12.0. The van der Waals surface area contributed by atoms with Crippen molar-refractivity contribution in [3.05, 3.63) is 53.6 Å². The van der Waals surface area contributed by atoms with Crippen molar-refractivity contribution < 1.29 is 20.1 Å². The van der Waals surface area contributed by atoms with Crippen molar-refractivity contribution in [1.29, 1.82) is 0 Å². The highest BCUT2D eigenvalue weighted by molar-refractivity contribution is 7.99. The van der Waals surface area contributed by atoms with Crippen LogP contribution >= 0.6 is 11.8 Å². The number of thioether (sulfide) groups is 1. The fourth-order valence-electron chi connectivity index (χ4n) is 6.46. The van der Waals surface area contributed by atoms with E-state index in [-0.39, 0.29) is 5.41 Å². The zero-order valence-electron chi connectivity index (χ0n) is 24.4. The molecule has 0 radical (unpaired) electrons. The maximum absolute atomic E-state index is 12.0. The van der Waals surface area contributed by atoms with Crippen LogP contribution in [-0.4, -0.2) is 27.0 Å². The van der Waals surface area contributed by atoms with Crippen LogP contribution in [0.3, 0.4) is 0 Å². The number of carbonyl (C=O) groups is 1. The molecule has 39 heavy (non-hydrogen) atoms. The number of benzene rings is 2. The molecule has 0 aromatic heterocycles. The van der Waals surface area contributed by atoms with Gasteiger partial charge >= 0.3 is 5.97 Å². The summed E-state index contributed by atoms with van der Waals surface area (Å²) in [5.41, 5.74) is 2.03. The molecule has 216 valence electrons. The Morgan fingerprint density at radius 1 is 0.872 bits per heavy atom. The number of phenolic OH excluding ortho intramolecular Hbond substituents is 2. The van der Waals surface area contributed by atoms with E-state index in [1.54, 1.807) is 12.1 Å². The number of fused-ring (bicyclic) bond motifs is 1. The third-order valence-corrected chi connectivity index (χ3v) is 10.6. The SMILES string of the molecule is CCCCCC(CC)(CCCCCCCCCC1c2ccc(O)cc2SCC1(C)c1ccc(O)cc1)C(=O)O. The van der Waals surface area contributed by atoms with Crippen molar-refractivity contribution in [3.63, 3.8) is 0 Å². The summed E-state index contributed by atoms with van der Waals surface area (Å²) in [6, 6.07) is 13.5. The predicted molar refractivity (Wildman–Crippen MR) is 163 cm³/mol. The third-order valence-electron chi connectivity index (χ3n) is 9.23. The van der Waals surface area contributed by atoms with Crippen LogP contribution < -0.4 is 0 Å². The Kier molecular flexibility index (Phi) is 12.1. The van der Waals surface area contributed by atoms with Crippen LogP contribution in [0.15, 0.2) is 47.4 Å². The lowest BCUT2D eigenvalue weighted by Crippen LogP contribution is -2.36. The van der Waals surface area contributed by atoms with Crippen molar-refractivity contribution in [2.45, 2.75) is 127 Å². The average Bonchev–Trinajstić information content (AvgIpc) is 2.92. The zero-order chi connectivity index (χ0) is 28.3. The number of hydrogen-bond donors (Lipinski definition) is 3. The van der Waals surface area contributed by atoms with E-state index in [1.165, 1.54) is 48.1 Å². The number of unbranched alkanes of at least 4 members (excludes halogenated alkanes) is 8. The van der Waals surface area contributed by atoms with Crippen molar-refractivity contribution >= 4 is 17.7 Å². The van der Waals surface area contributed by atoms with Gasteiger partial charge in [0.1, 0.15) is 11.5 Å². The monoisotopic (exact) mass is 554 g/mol. The van der Waals surface area contributed by atoms with E-state index in [1.807, 2.05) is 30.8 Å². The average molecular weight is 555 g/mol. The highest BCUT2D eigenvalue weighted by atomic mass is 32.2. The Hall–Kier alpha value is -2.14. The molecule has 3 atom stereocenters. The minimum Gasteiger partial charge on any atom is -0.508 e. The summed E-state index contributed by atoms with van der Waals surface area (Å²) >= 11 is 1.82. The smallest absolute Gasteiger partial charge is 0.309 e. The first kappa shape index (κ1) is 31.4. The molecular weight excluding hydrogens is 504 g/mol. The molecular formula is C34H50O4S. The molecule has 0 saturated carbocycles. The summed E-state index contributed by atoms with van der Waals surface area (Å²) in [7, 11) is 0. The summed E-state index contributed by atoms with van der Waals surface area (Å²) in [5, 5.41) is 29.8. The highest BCUT2D eigenvalue weighted by Gasteiger charge is 2.41. The van der Waals surface area contributed by atoms with Gasteiger partial charge in [-0.1, -0.05) is 103 Å². The van der Waals surface area contributed by atoms with Gasteiger partial charge in [-0.25, -0.2) is 0 Å². The molecule has 0 saturated heterocycles. The van der Waals surface area contributed by atoms with Crippen LogP contribution in [0.1, 0.15) is 128 Å². The lowest BCUT2D eigenvalue weighted by Gasteiger charge is -2.43. The van der Waals surface area contributed by atoms with Crippen LogP contribution in [0.25, 0.3) is 0 Å². The van der Waals surface area contributed by atoms with Gasteiger partial charge in [0.05, 0.1) is 5.41 Å². The Morgan fingerprint density at radius 3 is 2.08 bits per heavy atom. The third kappa shape index (κ3) is 8.19. The van der Waals surface area contributed by atoms with Gasteiger partial charge in [0.2, 0.25) is 0 Å². The molecule has 5 heteroatoms. The summed E-state index contributed by atoms with van der Waals surface area (Å²) in [6.45, 7) is 6.56.